The summed E-state index contributed by atoms with van der Waals surface area (Å²) in [5, 5.41) is 13.6. The first-order valence-corrected chi connectivity index (χ1v) is 10.9. The van der Waals surface area contributed by atoms with E-state index in [1.54, 1.807) is 16.2 Å². The molecule has 0 radical (unpaired) electrons. The molecule has 1 unspecified atom stereocenters. The van der Waals surface area contributed by atoms with E-state index in [4.69, 9.17) is 0 Å². The van der Waals surface area contributed by atoms with Gasteiger partial charge in [0, 0.05) is 31.1 Å². The second-order valence-corrected chi connectivity index (χ2v) is 8.81. The monoisotopic (exact) mass is 394 g/mol. The lowest BCUT2D eigenvalue weighted by atomic mass is 10.2. The fourth-order valence-corrected chi connectivity index (χ4v) is 5.63. The zero-order chi connectivity index (χ0) is 18.1. The number of nitrogens with zero attached hydrogens (tertiary/aromatic N) is 2. The zero-order valence-electron chi connectivity index (χ0n) is 14.4. The average molecular weight is 395 g/mol. The summed E-state index contributed by atoms with van der Waals surface area (Å²) in [6.07, 6.45) is 2.62. The molecule has 0 bridgehead atoms. The van der Waals surface area contributed by atoms with Crippen LogP contribution >= 0.6 is 23.1 Å². The third-order valence-electron chi connectivity index (χ3n) is 4.81. The van der Waals surface area contributed by atoms with Crippen molar-refractivity contribution in [1.82, 2.24) is 20.2 Å². The number of hydrogen-bond acceptors (Lipinski definition) is 7. The second kappa shape index (κ2) is 7.67. The van der Waals surface area contributed by atoms with E-state index < -0.39 is 6.10 Å². The zero-order valence-corrected chi connectivity index (χ0v) is 16.0. The number of β-amino-alcohol motifs (C(OH)–C–C–N with tert-alkyl or cyclic N) is 1. The number of hydrogen-bond donors (Lipinski definition) is 3. The first kappa shape index (κ1) is 18.0. The number of aromatic amines is 1. The molecule has 0 aromatic carbocycles. The SMILES string of the molecule is O=C(CSCc1nc2sc3c(c2c(=O)[nH]1)CCC3)N1CCNCC(O)C1. The lowest BCUT2D eigenvalue weighted by Crippen LogP contribution is -2.38. The van der Waals surface area contributed by atoms with Crippen LogP contribution in [0, 0.1) is 0 Å². The first-order valence-electron chi connectivity index (χ1n) is 8.89. The van der Waals surface area contributed by atoms with Crippen LogP contribution < -0.4 is 10.9 Å². The Morgan fingerprint density at radius 1 is 1.42 bits per heavy atom. The third-order valence-corrected chi connectivity index (χ3v) is 6.93. The highest BCUT2D eigenvalue weighted by molar-refractivity contribution is 7.99. The van der Waals surface area contributed by atoms with Gasteiger partial charge in [-0.3, -0.25) is 9.59 Å². The molecule has 2 aliphatic rings. The highest BCUT2D eigenvalue weighted by Gasteiger charge is 2.22. The summed E-state index contributed by atoms with van der Waals surface area (Å²) in [7, 11) is 0. The molecule has 1 fully saturated rings. The fourth-order valence-electron chi connectivity index (χ4n) is 3.56. The van der Waals surface area contributed by atoms with Crippen LogP contribution in [0.3, 0.4) is 0 Å². The molecule has 3 N–H and O–H groups in total. The van der Waals surface area contributed by atoms with E-state index in [1.807, 2.05) is 0 Å². The topological polar surface area (TPSA) is 98.3 Å². The minimum absolute atomic E-state index is 0.0104. The molecule has 1 aliphatic heterocycles. The van der Waals surface area contributed by atoms with Crippen molar-refractivity contribution in [2.45, 2.75) is 31.1 Å². The minimum Gasteiger partial charge on any atom is -0.390 e. The molecule has 7 nitrogen and oxygen atoms in total. The highest BCUT2D eigenvalue weighted by atomic mass is 32.2. The summed E-state index contributed by atoms with van der Waals surface area (Å²) in [6.45, 7) is 2.20. The molecule has 3 heterocycles. The third kappa shape index (κ3) is 3.66. The van der Waals surface area contributed by atoms with Gasteiger partial charge in [-0.1, -0.05) is 0 Å². The quantitative estimate of drug-likeness (QED) is 0.699. The predicted molar refractivity (Wildman–Crippen MR) is 104 cm³/mol. The Morgan fingerprint density at radius 3 is 3.19 bits per heavy atom. The van der Waals surface area contributed by atoms with E-state index in [0.29, 0.717) is 43.5 Å². The molecule has 2 aromatic heterocycles. The number of carbonyl (C=O) groups is 1. The van der Waals surface area contributed by atoms with Gasteiger partial charge in [-0.05, 0) is 24.8 Å². The fraction of sp³-hybridized carbons (Fsp3) is 0.588. The van der Waals surface area contributed by atoms with Crippen LogP contribution in [0.25, 0.3) is 10.2 Å². The van der Waals surface area contributed by atoms with Gasteiger partial charge in [0.2, 0.25) is 5.91 Å². The van der Waals surface area contributed by atoms with E-state index in [9.17, 15) is 14.7 Å². The van der Waals surface area contributed by atoms with Crippen LogP contribution in [-0.2, 0) is 23.4 Å². The van der Waals surface area contributed by atoms with Gasteiger partial charge in [0.1, 0.15) is 10.7 Å². The molecular formula is C17H22N4O3S2. The molecule has 9 heteroatoms. The lowest BCUT2D eigenvalue weighted by molar-refractivity contribution is -0.129. The van der Waals surface area contributed by atoms with Gasteiger partial charge in [0.05, 0.1) is 23.0 Å². The Hall–Kier alpha value is -1.42. The van der Waals surface area contributed by atoms with E-state index in [-0.39, 0.29) is 11.5 Å². The minimum atomic E-state index is -0.521. The van der Waals surface area contributed by atoms with E-state index in [2.05, 4.69) is 15.3 Å². The molecule has 1 aliphatic carbocycles. The van der Waals surface area contributed by atoms with Crippen molar-refractivity contribution >= 4 is 39.2 Å². The van der Waals surface area contributed by atoms with Crippen LogP contribution in [0.4, 0.5) is 0 Å². The molecule has 1 amide bonds. The van der Waals surface area contributed by atoms with Crippen molar-refractivity contribution in [2.24, 2.45) is 0 Å². The first-order chi connectivity index (χ1) is 12.6. The van der Waals surface area contributed by atoms with Crippen LogP contribution in [-0.4, -0.2) is 63.9 Å². The highest BCUT2D eigenvalue weighted by Crippen LogP contribution is 2.34. The van der Waals surface area contributed by atoms with Gasteiger partial charge >= 0.3 is 0 Å². The van der Waals surface area contributed by atoms with Gasteiger partial charge in [-0.25, -0.2) is 4.98 Å². The van der Waals surface area contributed by atoms with Crippen LogP contribution in [0.15, 0.2) is 4.79 Å². The Kier molecular flexibility index (Phi) is 5.30. The number of thiophene rings is 1. The Balaban J connectivity index is 1.39. The summed E-state index contributed by atoms with van der Waals surface area (Å²) in [5.41, 5.74) is 1.12. The Bertz CT molecular complexity index is 879. The van der Waals surface area contributed by atoms with Crippen LogP contribution in [0.5, 0.6) is 0 Å². The van der Waals surface area contributed by atoms with E-state index in [0.717, 1.165) is 29.5 Å². The Morgan fingerprint density at radius 2 is 2.31 bits per heavy atom. The van der Waals surface area contributed by atoms with Crippen LogP contribution in [0.1, 0.15) is 22.7 Å². The number of thioether (sulfide) groups is 1. The maximum absolute atomic E-state index is 12.4. The number of nitrogens with one attached hydrogen (secondary N) is 2. The largest absolute Gasteiger partial charge is 0.390 e. The lowest BCUT2D eigenvalue weighted by Gasteiger charge is -2.21. The molecule has 2 aromatic rings. The Labute approximate surface area is 159 Å². The predicted octanol–water partition coefficient (Wildman–Crippen LogP) is 0.499. The van der Waals surface area contributed by atoms with Crippen molar-refractivity contribution in [1.29, 1.82) is 0 Å². The number of H-pyrrole nitrogens is 1. The number of aliphatic hydroxyl groups is 1. The molecule has 140 valence electrons. The van der Waals surface area contributed by atoms with Gasteiger partial charge in [-0.2, -0.15) is 0 Å². The molecule has 0 saturated carbocycles. The summed E-state index contributed by atoms with van der Waals surface area (Å²) < 4.78 is 0. The summed E-state index contributed by atoms with van der Waals surface area (Å²) in [4.78, 5) is 36.1. The molecular weight excluding hydrogens is 372 g/mol. The van der Waals surface area contributed by atoms with Crippen LogP contribution in [0.2, 0.25) is 0 Å². The normalized spacial score (nSPS) is 20.3. The van der Waals surface area contributed by atoms with Crippen molar-refractivity contribution in [3.05, 3.63) is 26.6 Å². The number of rotatable bonds is 4. The van der Waals surface area contributed by atoms with Gasteiger partial charge in [0.15, 0.2) is 0 Å². The molecule has 0 spiro atoms. The van der Waals surface area contributed by atoms with Gasteiger partial charge in [0.25, 0.3) is 5.56 Å². The summed E-state index contributed by atoms with van der Waals surface area (Å²) in [5.74, 6) is 1.44. The number of aliphatic hydroxyl groups excluding tert-OH is 1. The molecule has 1 saturated heterocycles. The van der Waals surface area contributed by atoms with Crippen molar-refractivity contribution in [2.75, 3.05) is 31.9 Å². The average Bonchev–Trinajstić information content (AvgIpc) is 3.10. The molecule has 4 rings (SSSR count). The number of amides is 1. The second-order valence-electron chi connectivity index (χ2n) is 6.74. The number of carbonyl (C=O) groups excluding carboxylic acids is 1. The summed E-state index contributed by atoms with van der Waals surface area (Å²) in [6, 6.07) is 0. The number of fused-ring (bicyclic) bond motifs is 3. The maximum Gasteiger partial charge on any atom is 0.259 e. The van der Waals surface area contributed by atoms with Crippen molar-refractivity contribution in [3.63, 3.8) is 0 Å². The number of aryl methyl sites for hydroxylation is 2. The smallest absolute Gasteiger partial charge is 0.259 e. The van der Waals surface area contributed by atoms with Crippen molar-refractivity contribution in [3.8, 4) is 0 Å². The maximum atomic E-state index is 12.4. The molecule has 26 heavy (non-hydrogen) atoms. The summed E-state index contributed by atoms with van der Waals surface area (Å²) >= 11 is 3.07. The molecule has 1 atom stereocenters. The van der Waals surface area contributed by atoms with Gasteiger partial charge in [-0.15, -0.1) is 23.1 Å². The van der Waals surface area contributed by atoms with E-state index in [1.165, 1.54) is 22.2 Å². The van der Waals surface area contributed by atoms with E-state index >= 15 is 0 Å². The number of aromatic nitrogens is 2. The van der Waals surface area contributed by atoms with Crippen molar-refractivity contribution < 1.29 is 9.90 Å². The van der Waals surface area contributed by atoms with Gasteiger partial charge < -0.3 is 20.3 Å². The standard InChI is InChI=1S/C17H22N4O3S2/c22-10-6-18-4-5-21(7-10)14(23)9-25-8-13-19-16(24)15-11-2-1-3-12(11)26-17(15)20-13/h10,18,22H,1-9H2,(H,19,20,24).